The number of hydrogen-bond donors (Lipinski definition) is 0. The van der Waals surface area contributed by atoms with Gasteiger partial charge < -0.3 is 4.74 Å². The van der Waals surface area contributed by atoms with Crippen LogP contribution in [-0.2, 0) is 14.3 Å². The summed E-state index contributed by atoms with van der Waals surface area (Å²) in [5.74, 6) is -0.490. The van der Waals surface area contributed by atoms with E-state index < -0.39 is 0 Å². The lowest BCUT2D eigenvalue weighted by Crippen LogP contribution is -2.42. The Kier molecular flexibility index (Phi) is 5.11. The zero-order valence-electron chi connectivity index (χ0n) is 15.2. The van der Waals surface area contributed by atoms with Crippen molar-refractivity contribution in [3.05, 3.63) is 24.0 Å². The molecule has 0 aromatic carbocycles. The van der Waals surface area contributed by atoms with Crippen LogP contribution in [0.25, 0.3) is 0 Å². The first kappa shape index (κ1) is 18.7. The van der Waals surface area contributed by atoms with Crippen molar-refractivity contribution in [1.29, 1.82) is 0 Å². The minimum Gasteiger partial charge on any atom is -0.426 e. The molecule has 0 aliphatic heterocycles. The fourth-order valence-corrected chi connectivity index (χ4v) is 2.79. The Bertz CT molecular complexity index is 510. The van der Waals surface area contributed by atoms with Gasteiger partial charge in [0.2, 0.25) is 0 Å². The second kappa shape index (κ2) is 6.02. The van der Waals surface area contributed by atoms with Gasteiger partial charge in [0.25, 0.3) is 0 Å². The minimum atomic E-state index is -0.336. The number of hydrogen-bond acceptors (Lipinski definition) is 3. The Morgan fingerprint density at radius 3 is 2.00 bits per heavy atom. The second-order valence-electron chi connectivity index (χ2n) is 8.68. The summed E-state index contributed by atoms with van der Waals surface area (Å²) < 4.78 is 5.53. The molecule has 3 heteroatoms. The predicted octanol–water partition coefficient (Wildman–Crippen LogP) is 4.53. The van der Waals surface area contributed by atoms with Crippen molar-refractivity contribution in [3.63, 3.8) is 0 Å². The van der Waals surface area contributed by atoms with Gasteiger partial charge in [0, 0.05) is 5.92 Å². The van der Waals surface area contributed by atoms with Gasteiger partial charge in [-0.05, 0) is 22.5 Å². The van der Waals surface area contributed by atoms with Gasteiger partial charge in [-0.2, -0.15) is 0 Å². The molecule has 1 aliphatic rings. The van der Waals surface area contributed by atoms with Crippen LogP contribution in [0.2, 0.25) is 0 Å². The molecule has 0 radical (unpaired) electrons. The van der Waals surface area contributed by atoms with E-state index in [-0.39, 0.29) is 40.3 Å². The highest BCUT2D eigenvalue weighted by Gasteiger charge is 2.45. The Labute approximate surface area is 134 Å². The zero-order valence-corrected chi connectivity index (χ0v) is 15.2. The third-order valence-corrected chi connectivity index (χ3v) is 4.06. The van der Waals surface area contributed by atoms with E-state index in [1.54, 1.807) is 19.9 Å². The van der Waals surface area contributed by atoms with Crippen LogP contribution in [0.5, 0.6) is 0 Å². The fourth-order valence-electron chi connectivity index (χ4n) is 2.79. The van der Waals surface area contributed by atoms with Crippen LogP contribution in [0.4, 0.5) is 0 Å². The summed E-state index contributed by atoms with van der Waals surface area (Å²) in [5.41, 5.74) is 0.130. The fraction of sp³-hybridized carbons (Fsp3) is 0.684. The summed E-state index contributed by atoms with van der Waals surface area (Å²) in [5, 5.41) is 0. The number of rotatable bonds is 2. The van der Waals surface area contributed by atoms with Crippen LogP contribution in [0.15, 0.2) is 24.0 Å². The van der Waals surface area contributed by atoms with E-state index in [2.05, 4.69) is 6.58 Å². The third-order valence-electron chi connectivity index (χ3n) is 4.06. The number of ketones is 1. The molecule has 0 aromatic heterocycles. The average molecular weight is 306 g/mol. The number of allylic oxidation sites excluding steroid dienone is 2. The lowest BCUT2D eigenvalue weighted by Gasteiger charge is -2.40. The molecule has 22 heavy (non-hydrogen) atoms. The highest BCUT2D eigenvalue weighted by Crippen LogP contribution is 2.45. The molecule has 0 fully saturated rings. The van der Waals surface area contributed by atoms with E-state index in [0.29, 0.717) is 11.3 Å². The van der Waals surface area contributed by atoms with Gasteiger partial charge in [-0.3, -0.25) is 9.59 Å². The van der Waals surface area contributed by atoms with Gasteiger partial charge >= 0.3 is 5.97 Å². The van der Waals surface area contributed by atoms with Crippen LogP contribution in [0, 0.1) is 28.6 Å². The number of esters is 1. The monoisotopic (exact) mass is 306 g/mol. The summed E-state index contributed by atoms with van der Waals surface area (Å²) >= 11 is 0. The van der Waals surface area contributed by atoms with Crippen molar-refractivity contribution in [2.75, 3.05) is 0 Å². The van der Waals surface area contributed by atoms with Gasteiger partial charge in [0.15, 0.2) is 0 Å². The maximum atomic E-state index is 12.9. The highest BCUT2D eigenvalue weighted by molar-refractivity contribution is 5.92. The van der Waals surface area contributed by atoms with Crippen LogP contribution in [0.1, 0.15) is 55.4 Å². The first-order valence-corrected chi connectivity index (χ1v) is 7.93. The maximum Gasteiger partial charge on any atom is 0.313 e. The first-order valence-electron chi connectivity index (χ1n) is 7.93. The standard InChI is InChI=1S/C19H30O3/c1-11(2)17(21)22-14-10-13(18(4,5)6)16(20)15(12(14)3)19(7,8)9/h10-11,13,15H,3H2,1-2,4-9H3. The van der Waals surface area contributed by atoms with Crippen molar-refractivity contribution in [2.45, 2.75) is 55.4 Å². The molecule has 2 unspecified atom stereocenters. The molecule has 0 amide bonds. The summed E-state index contributed by atoms with van der Waals surface area (Å²) in [6, 6.07) is 0. The van der Waals surface area contributed by atoms with Crippen molar-refractivity contribution in [3.8, 4) is 0 Å². The molecule has 0 bridgehead atoms. The summed E-state index contributed by atoms with van der Waals surface area (Å²) in [6.07, 6.45) is 1.78. The summed E-state index contributed by atoms with van der Waals surface area (Å²) in [7, 11) is 0. The molecule has 2 atom stereocenters. The summed E-state index contributed by atoms with van der Waals surface area (Å²) in [4.78, 5) is 24.9. The van der Waals surface area contributed by atoms with Crippen LogP contribution in [0.3, 0.4) is 0 Å². The number of carbonyl (C=O) groups excluding carboxylic acids is 2. The normalized spacial score (nSPS) is 23.6. The molecule has 0 heterocycles. The molecular formula is C19H30O3. The zero-order chi connectivity index (χ0) is 17.5. The van der Waals surface area contributed by atoms with Gasteiger partial charge in [0.05, 0.1) is 11.8 Å². The van der Waals surface area contributed by atoms with Gasteiger partial charge in [-0.1, -0.05) is 62.0 Å². The average Bonchev–Trinajstić information content (AvgIpc) is 2.28. The Morgan fingerprint density at radius 1 is 1.14 bits per heavy atom. The lowest BCUT2D eigenvalue weighted by molar-refractivity contribution is -0.144. The molecule has 0 spiro atoms. The molecule has 0 N–H and O–H groups in total. The van der Waals surface area contributed by atoms with Gasteiger partial charge in [-0.15, -0.1) is 0 Å². The van der Waals surface area contributed by atoms with Crippen LogP contribution >= 0.6 is 0 Å². The topological polar surface area (TPSA) is 43.4 Å². The maximum absolute atomic E-state index is 12.9. The van der Waals surface area contributed by atoms with Crippen molar-refractivity contribution in [1.82, 2.24) is 0 Å². The van der Waals surface area contributed by atoms with Gasteiger partial charge in [-0.25, -0.2) is 0 Å². The molecule has 0 saturated heterocycles. The van der Waals surface area contributed by atoms with Crippen LogP contribution < -0.4 is 0 Å². The Balaban J connectivity index is 3.32. The Morgan fingerprint density at radius 2 is 1.64 bits per heavy atom. The molecule has 1 aliphatic carbocycles. The first-order chi connectivity index (χ1) is 9.76. The van der Waals surface area contributed by atoms with E-state index >= 15 is 0 Å². The van der Waals surface area contributed by atoms with Crippen molar-refractivity contribution < 1.29 is 14.3 Å². The molecule has 124 valence electrons. The van der Waals surface area contributed by atoms with E-state index in [4.69, 9.17) is 4.74 Å². The molecule has 3 nitrogen and oxygen atoms in total. The van der Waals surface area contributed by atoms with E-state index in [9.17, 15) is 9.59 Å². The van der Waals surface area contributed by atoms with Crippen molar-refractivity contribution >= 4 is 11.8 Å². The minimum absolute atomic E-state index is 0.161. The summed E-state index contributed by atoms with van der Waals surface area (Å²) in [6.45, 7) is 19.8. The van der Waals surface area contributed by atoms with Crippen molar-refractivity contribution in [2.24, 2.45) is 28.6 Å². The van der Waals surface area contributed by atoms with Crippen LogP contribution in [-0.4, -0.2) is 11.8 Å². The number of Topliss-reactive ketones (excluding diaryl/α,β-unsaturated/α-hetero) is 1. The molecular weight excluding hydrogens is 276 g/mol. The largest absolute Gasteiger partial charge is 0.426 e. The number of ether oxygens (including phenoxy) is 1. The smallest absolute Gasteiger partial charge is 0.313 e. The quantitative estimate of drug-likeness (QED) is 0.704. The highest BCUT2D eigenvalue weighted by atomic mass is 16.5. The molecule has 0 aromatic rings. The predicted molar refractivity (Wildman–Crippen MR) is 89.1 cm³/mol. The lowest BCUT2D eigenvalue weighted by atomic mass is 9.63. The SMILES string of the molecule is C=C1C(OC(=O)C(C)C)=CC(C(C)(C)C)C(=O)C1C(C)(C)C. The Hall–Kier alpha value is -1.38. The molecule has 1 rings (SSSR count). The van der Waals surface area contributed by atoms with E-state index in [1.165, 1.54) is 0 Å². The van der Waals surface area contributed by atoms with E-state index in [0.717, 1.165) is 0 Å². The van der Waals surface area contributed by atoms with E-state index in [1.807, 2.05) is 41.5 Å². The number of carbonyl (C=O) groups is 2. The second-order valence-corrected chi connectivity index (χ2v) is 8.68. The third kappa shape index (κ3) is 3.88. The van der Waals surface area contributed by atoms with Gasteiger partial charge in [0.1, 0.15) is 11.5 Å². The molecule has 0 saturated carbocycles.